The highest BCUT2D eigenvalue weighted by Crippen LogP contribution is 2.42. The molecule has 2 heterocycles. The van der Waals surface area contributed by atoms with E-state index >= 15 is 0 Å². The number of carbonyl (C=O) groups excluding carboxylic acids is 4. The second kappa shape index (κ2) is 33.8. The number of dihydropyridines is 1. The number of benzene rings is 2. The number of carboxylic acid groups (broad SMARTS) is 2. The molecule has 5 rings (SSSR count). The van der Waals surface area contributed by atoms with E-state index in [1.54, 1.807) is 75.1 Å². The van der Waals surface area contributed by atoms with Crippen LogP contribution in [0.15, 0.2) is 87.0 Å². The molecule has 0 radical (unpaired) electrons. The largest absolute Gasteiger partial charge is 0.480 e. The van der Waals surface area contributed by atoms with E-state index < -0.39 is 64.1 Å². The molecule has 1 saturated heterocycles. The standard InChI is InChI=1S/C20H25ClN2O5.C19H32N2O5.C6H14N4O2.C6H6O3S/c1-4-28-20(25)18-15(11-27-10-9-22)23-12(2)16(19(24)26-3)17(18)13-7-5-6-8-14(13)21;1-4-8-14(19(25)26-5-2)20-12(3)17(22)21-15-10-7-6-9-13(15)11-16(21)18(23)24;7-4(5(11)12)2-1-3-10-6(8)9;7-10(8,9)6-4-2-1-3-5-6/h5-8,17,23H,4,9-11,22H2,1-3H3;12-16,20H,4-11H2,1-3H3,(H,23,24);4H,1-3,7H2,(H,11,12)(H4,8,9,10);1-5H,(H,7,8,9)/t;12-,13-,14-,15-,16-;4-;/m.00./s1. The van der Waals surface area contributed by atoms with Gasteiger partial charge in [-0.1, -0.05) is 74.2 Å². The number of ether oxygens (including phenoxy) is 4. The van der Waals surface area contributed by atoms with Crippen LogP contribution in [0.5, 0.6) is 0 Å². The van der Waals surface area contributed by atoms with Crippen LogP contribution < -0.4 is 33.6 Å². The van der Waals surface area contributed by atoms with Crippen molar-refractivity contribution in [3.8, 4) is 0 Å². The Morgan fingerprint density at radius 1 is 0.921 bits per heavy atom. The lowest BCUT2D eigenvalue weighted by Gasteiger charge is -2.35. The minimum absolute atomic E-state index is 0.00817. The van der Waals surface area contributed by atoms with Gasteiger partial charge in [0.15, 0.2) is 5.96 Å². The summed E-state index contributed by atoms with van der Waals surface area (Å²) in [4.78, 5) is 77.8. The summed E-state index contributed by atoms with van der Waals surface area (Å²) in [6, 6.07) is 11.7. The van der Waals surface area contributed by atoms with Crippen molar-refractivity contribution in [1.29, 1.82) is 0 Å². The van der Waals surface area contributed by atoms with Gasteiger partial charge in [-0.05, 0) is 95.9 Å². The zero-order valence-electron chi connectivity index (χ0n) is 44.1. The second-order valence-electron chi connectivity index (χ2n) is 17.7. The Bertz CT molecular complexity index is 2440. The molecule has 13 N–H and O–H groups in total. The van der Waals surface area contributed by atoms with Crippen LogP contribution in [0.4, 0.5) is 0 Å². The van der Waals surface area contributed by atoms with Crippen molar-refractivity contribution in [3.63, 3.8) is 0 Å². The number of hydrogen-bond acceptors (Lipinski definition) is 17. The average molecular weight is 1110 g/mol. The zero-order valence-corrected chi connectivity index (χ0v) is 45.6. The van der Waals surface area contributed by atoms with E-state index in [2.05, 4.69) is 15.6 Å². The Balaban J connectivity index is 0.000000377. The third-order valence-corrected chi connectivity index (χ3v) is 13.4. The molecule has 23 nitrogen and oxygen atoms in total. The monoisotopic (exact) mass is 1110 g/mol. The number of aliphatic carboxylic acids is 2. The number of aliphatic imine (C=N–C) groups is 1. The van der Waals surface area contributed by atoms with Gasteiger partial charge < -0.3 is 62.3 Å². The number of methoxy groups -OCH3 is 1. The molecule has 1 unspecified atom stereocenters. The summed E-state index contributed by atoms with van der Waals surface area (Å²) in [7, 11) is -2.71. The van der Waals surface area contributed by atoms with Crippen LogP contribution in [0.1, 0.15) is 104 Å². The molecule has 2 aromatic carbocycles. The van der Waals surface area contributed by atoms with Crippen LogP contribution in [-0.2, 0) is 57.8 Å². The van der Waals surface area contributed by atoms with E-state index in [1.807, 2.05) is 6.92 Å². The Morgan fingerprint density at radius 3 is 2.09 bits per heavy atom. The summed E-state index contributed by atoms with van der Waals surface area (Å²) in [6.07, 6.45) is 6.83. The molecule has 0 spiro atoms. The predicted molar refractivity (Wildman–Crippen MR) is 284 cm³/mol. The third-order valence-electron chi connectivity index (χ3n) is 12.2. The van der Waals surface area contributed by atoms with Gasteiger partial charge >= 0.3 is 29.8 Å². The number of amides is 1. The maximum absolute atomic E-state index is 13.1. The highest BCUT2D eigenvalue weighted by molar-refractivity contribution is 7.85. The molecule has 7 atom stereocenters. The lowest BCUT2D eigenvalue weighted by Crippen LogP contribution is -2.55. The molecular weight excluding hydrogens is 1030 g/mol. The number of carboxylic acids is 2. The number of carbonyl (C=O) groups is 6. The van der Waals surface area contributed by atoms with Crippen LogP contribution in [0.3, 0.4) is 0 Å². The molecule has 0 aromatic heterocycles. The summed E-state index contributed by atoms with van der Waals surface area (Å²) in [6.45, 7) is 10.6. The number of allylic oxidation sites excluding steroid dienone is 1. The maximum Gasteiger partial charge on any atom is 0.336 e. The molecule has 1 amide bonds. The molecule has 76 heavy (non-hydrogen) atoms. The topological polar surface area (TPSA) is 378 Å². The fourth-order valence-electron chi connectivity index (χ4n) is 8.75. The first-order valence-electron chi connectivity index (χ1n) is 25.0. The van der Waals surface area contributed by atoms with Crippen LogP contribution in [0, 0.1) is 5.92 Å². The van der Waals surface area contributed by atoms with Crippen molar-refractivity contribution >= 4 is 63.4 Å². The lowest BCUT2D eigenvalue weighted by molar-refractivity contribution is -0.152. The summed E-state index contributed by atoms with van der Waals surface area (Å²) >= 11 is 6.42. The van der Waals surface area contributed by atoms with Gasteiger partial charge in [0, 0.05) is 29.9 Å². The van der Waals surface area contributed by atoms with E-state index in [-0.39, 0.29) is 53.5 Å². The number of guanidine groups is 1. The SMILES string of the molecule is CCC[C@H](N[C@@H](C)C(=O)N1[C@H](C(=O)O)C[C@@H]2CCCC[C@@H]21)C(=O)OCC.CCOC(=O)C1=C(COCCN)NC(C)=C(C(=O)OC)C1c1ccccc1Cl.NC(N)=NCCC[C@H](N)C(=O)O.O=S(=O)(O)c1ccccc1. The number of nitrogens with one attached hydrogen (secondary N) is 2. The van der Waals surface area contributed by atoms with Gasteiger partial charge in [0.25, 0.3) is 10.1 Å². The van der Waals surface area contributed by atoms with Crippen LogP contribution in [-0.4, -0.2) is 147 Å². The van der Waals surface area contributed by atoms with Crippen molar-refractivity contribution in [2.24, 2.45) is 33.8 Å². The van der Waals surface area contributed by atoms with Crippen molar-refractivity contribution in [2.45, 2.75) is 133 Å². The predicted octanol–water partition coefficient (Wildman–Crippen LogP) is 3.59. The first kappa shape index (κ1) is 66.0. The van der Waals surface area contributed by atoms with Gasteiger partial charge in [0.05, 0.1) is 67.2 Å². The summed E-state index contributed by atoms with van der Waals surface area (Å²) in [5.41, 5.74) is 23.0. The van der Waals surface area contributed by atoms with E-state index in [0.29, 0.717) is 79.5 Å². The molecule has 424 valence electrons. The lowest BCUT2D eigenvalue weighted by atomic mass is 9.80. The number of fused-ring (bicyclic) bond motifs is 1. The van der Waals surface area contributed by atoms with Gasteiger partial charge in [-0.25, -0.2) is 14.4 Å². The highest BCUT2D eigenvalue weighted by Gasteiger charge is 2.48. The Hall–Kier alpha value is -6.15. The molecule has 1 aliphatic carbocycles. The minimum atomic E-state index is -4.00. The van der Waals surface area contributed by atoms with Crippen molar-refractivity contribution in [2.75, 3.05) is 46.6 Å². The number of rotatable bonds is 22. The fraction of sp³-hybridized carbons (Fsp3) is 0.549. The average Bonchev–Trinajstić information content (AvgIpc) is 3.78. The normalized spacial score (nSPS) is 18.9. The third kappa shape index (κ3) is 20.8. The Kier molecular flexibility index (Phi) is 29.3. The van der Waals surface area contributed by atoms with Crippen LogP contribution >= 0.6 is 11.6 Å². The molecule has 3 aliphatic rings. The van der Waals surface area contributed by atoms with Gasteiger partial charge in [0.1, 0.15) is 18.1 Å². The van der Waals surface area contributed by atoms with E-state index in [0.717, 1.165) is 32.1 Å². The molecule has 25 heteroatoms. The zero-order chi connectivity index (χ0) is 57.1. The number of nitrogens with two attached hydrogens (primary N) is 4. The van der Waals surface area contributed by atoms with E-state index in [4.69, 9.17) is 63.1 Å². The van der Waals surface area contributed by atoms with E-state index in [1.165, 1.54) is 19.2 Å². The molecule has 2 fully saturated rings. The van der Waals surface area contributed by atoms with Crippen molar-refractivity contribution in [3.05, 3.63) is 87.7 Å². The summed E-state index contributed by atoms with van der Waals surface area (Å²) in [5.74, 6) is -4.10. The molecular formula is C51H77ClN8O15S. The molecule has 2 aliphatic heterocycles. The van der Waals surface area contributed by atoms with Crippen LogP contribution in [0.25, 0.3) is 0 Å². The number of likely N-dealkylation sites (tertiary alicyclic amines) is 1. The maximum atomic E-state index is 13.1. The Labute approximate surface area is 449 Å². The van der Waals surface area contributed by atoms with Crippen molar-refractivity contribution < 1.29 is 70.9 Å². The number of halogens is 1. The van der Waals surface area contributed by atoms with Crippen molar-refractivity contribution in [1.82, 2.24) is 15.5 Å². The first-order chi connectivity index (χ1) is 36.0. The Morgan fingerprint density at radius 2 is 1.55 bits per heavy atom. The number of hydrogen-bond donors (Lipinski definition) is 9. The van der Waals surface area contributed by atoms with Crippen LogP contribution in [0.2, 0.25) is 5.02 Å². The summed E-state index contributed by atoms with van der Waals surface area (Å²) in [5, 5.41) is 24.6. The van der Waals surface area contributed by atoms with Gasteiger partial charge in [0.2, 0.25) is 5.91 Å². The van der Waals surface area contributed by atoms with E-state index in [9.17, 15) is 42.3 Å². The first-order valence-corrected chi connectivity index (χ1v) is 26.8. The second-order valence-corrected chi connectivity index (χ2v) is 19.5. The van der Waals surface area contributed by atoms with Gasteiger partial charge in [-0.3, -0.25) is 29.2 Å². The number of nitrogens with zero attached hydrogens (tertiary/aromatic N) is 2. The quantitative estimate of drug-likeness (QED) is 0.0203. The number of esters is 3. The highest BCUT2D eigenvalue weighted by atomic mass is 35.5. The molecule has 2 aromatic rings. The minimum Gasteiger partial charge on any atom is -0.480 e. The smallest absolute Gasteiger partial charge is 0.336 e. The van der Waals surface area contributed by atoms with Gasteiger partial charge in [-0.15, -0.1) is 0 Å². The molecule has 1 saturated carbocycles. The summed E-state index contributed by atoms with van der Waals surface area (Å²) < 4.78 is 50.1. The molecule has 0 bridgehead atoms. The fourth-order valence-corrected chi connectivity index (χ4v) is 9.49. The van der Waals surface area contributed by atoms with Gasteiger partial charge in [-0.2, -0.15) is 8.42 Å².